The van der Waals surface area contributed by atoms with Crippen molar-refractivity contribution in [2.24, 2.45) is 10.9 Å². The molecule has 0 aromatic heterocycles. The number of benzene rings is 1. The van der Waals surface area contributed by atoms with Crippen molar-refractivity contribution < 1.29 is 24.6 Å². The monoisotopic (exact) mass is 368 g/mol. The lowest BCUT2D eigenvalue weighted by molar-refractivity contribution is -0.136. The molecule has 1 atom stereocenters. The highest BCUT2D eigenvalue weighted by Gasteiger charge is 2.38. The molecule has 2 N–H and O–H groups in total. The molecule has 1 saturated carbocycles. The van der Waals surface area contributed by atoms with E-state index in [4.69, 9.17) is 10.2 Å². The summed E-state index contributed by atoms with van der Waals surface area (Å²) >= 11 is 0. The molecule has 1 unspecified atom stereocenters. The van der Waals surface area contributed by atoms with E-state index in [1.807, 2.05) is 11.8 Å². The predicted octanol–water partition coefficient (Wildman–Crippen LogP) is 2.87. The normalized spacial score (nSPS) is 19.1. The van der Waals surface area contributed by atoms with Gasteiger partial charge in [-0.2, -0.15) is 0 Å². The largest absolute Gasteiger partial charge is 0.481 e. The molecule has 7 heteroatoms. The first-order chi connectivity index (χ1) is 12.9. The van der Waals surface area contributed by atoms with Gasteiger partial charge in [-0.25, -0.2) is 4.79 Å². The summed E-state index contributed by atoms with van der Waals surface area (Å²) in [5, 5.41) is 17.9. The van der Waals surface area contributed by atoms with Crippen molar-refractivity contribution >= 4 is 29.6 Å². The number of anilines is 1. The second-order valence-corrected chi connectivity index (χ2v) is 6.50. The van der Waals surface area contributed by atoms with Gasteiger partial charge in [0.05, 0.1) is 12.0 Å². The first-order valence-electron chi connectivity index (χ1n) is 8.71. The maximum atomic E-state index is 11.0. The van der Waals surface area contributed by atoms with Gasteiger partial charge in [-0.05, 0) is 31.5 Å². The molecule has 2 aliphatic carbocycles. The van der Waals surface area contributed by atoms with E-state index in [9.17, 15) is 14.4 Å². The van der Waals surface area contributed by atoms with Crippen LogP contribution in [0.4, 0.5) is 5.69 Å². The third kappa shape index (κ3) is 3.81. The summed E-state index contributed by atoms with van der Waals surface area (Å²) in [6.07, 6.45) is 6.87. The molecule has 1 aliphatic heterocycles. The van der Waals surface area contributed by atoms with Crippen molar-refractivity contribution in [3.05, 3.63) is 52.9 Å². The Bertz CT molecular complexity index is 898. The summed E-state index contributed by atoms with van der Waals surface area (Å²) in [7, 11) is 0. The van der Waals surface area contributed by atoms with Gasteiger partial charge in [-0.3, -0.25) is 14.6 Å². The number of aliphatic imine (C=N–C) groups is 1. The Morgan fingerprint density at radius 3 is 2.52 bits per heavy atom. The van der Waals surface area contributed by atoms with Gasteiger partial charge >= 0.3 is 11.9 Å². The van der Waals surface area contributed by atoms with Crippen molar-refractivity contribution in [2.75, 3.05) is 11.4 Å². The summed E-state index contributed by atoms with van der Waals surface area (Å²) in [4.78, 5) is 38.2. The molecule has 4 rings (SSSR count). The smallest absolute Gasteiger partial charge is 0.335 e. The Kier molecular flexibility index (Phi) is 5.21. The average molecular weight is 368 g/mol. The number of ketones is 1. The van der Waals surface area contributed by atoms with E-state index in [0.29, 0.717) is 29.5 Å². The minimum atomic E-state index is -1.01. The lowest BCUT2D eigenvalue weighted by Gasteiger charge is -2.34. The number of carboxylic acid groups (broad SMARTS) is 2. The van der Waals surface area contributed by atoms with Gasteiger partial charge in [0.1, 0.15) is 5.78 Å². The van der Waals surface area contributed by atoms with Crippen LogP contribution in [0.1, 0.15) is 42.1 Å². The van der Waals surface area contributed by atoms with E-state index in [2.05, 4.69) is 11.1 Å². The number of hydrogen-bond acceptors (Lipinski definition) is 5. The van der Waals surface area contributed by atoms with E-state index in [-0.39, 0.29) is 12.0 Å². The zero-order valence-electron chi connectivity index (χ0n) is 14.9. The molecule has 1 aromatic rings. The molecule has 140 valence electrons. The number of carboxylic acids is 2. The third-order valence-electron chi connectivity index (χ3n) is 4.83. The molecule has 7 nitrogen and oxygen atoms in total. The molecule has 27 heavy (non-hydrogen) atoms. The number of fused-ring (bicyclic) bond motifs is 2. The van der Waals surface area contributed by atoms with Crippen LogP contribution >= 0.6 is 0 Å². The van der Waals surface area contributed by atoms with Gasteiger partial charge < -0.3 is 15.1 Å². The van der Waals surface area contributed by atoms with Crippen LogP contribution in [0.3, 0.4) is 0 Å². The first kappa shape index (κ1) is 18.6. The Hall–Kier alpha value is -3.22. The van der Waals surface area contributed by atoms with Crippen molar-refractivity contribution in [3.63, 3.8) is 0 Å². The number of rotatable bonds is 4. The SMILES string of the molecule is CCN1C(CC(=O)O)=CN=Cc2cc(C(=O)O)ccc21.O=C1CC2=CCC12. The van der Waals surface area contributed by atoms with Gasteiger partial charge in [0.25, 0.3) is 0 Å². The fourth-order valence-electron chi connectivity index (χ4n) is 3.26. The predicted molar refractivity (Wildman–Crippen MR) is 100 cm³/mol. The van der Waals surface area contributed by atoms with Crippen molar-refractivity contribution in [1.29, 1.82) is 0 Å². The summed E-state index contributed by atoms with van der Waals surface area (Å²) < 4.78 is 0. The number of nitrogens with zero attached hydrogens (tertiary/aromatic N) is 2. The first-order valence-corrected chi connectivity index (χ1v) is 8.71. The van der Waals surface area contributed by atoms with Gasteiger partial charge in [-0.15, -0.1) is 0 Å². The minimum absolute atomic E-state index is 0.134. The fraction of sp³-hybridized carbons (Fsp3) is 0.300. The van der Waals surface area contributed by atoms with Gasteiger partial charge in [-0.1, -0.05) is 11.6 Å². The number of aromatic carboxylic acids is 1. The Balaban J connectivity index is 0.000000246. The van der Waals surface area contributed by atoms with E-state index in [1.165, 1.54) is 23.9 Å². The average Bonchev–Trinajstić information content (AvgIpc) is 2.77. The molecule has 1 fully saturated rings. The summed E-state index contributed by atoms with van der Waals surface area (Å²) in [5.41, 5.74) is 3.55. The molecule has 0 amide bonds. The van der Waals surface area contributed by atoms with Crippen LogP contribution in [-0.4, -0.2) is 40.7 Å². The zero-order valence-corrected chi connectivity index (χ0v) is 14.9. The highest BCUT2D eigenvalue weighted by atomic mass is 16.4. The van der Waals surface area contributed by atoms with E-state index in [0.717, 1.165) is 18.5 Å². The van der Waals surface area contributed by atoms with Crippen LogP contribution < -0.4 is 4.90 Å². The molecular formula is C20H20N2O5. The zero-order chi connectivity index (χ0) is 19.6. The van der Waals surface area contributed by atoms with Gasteiger partial charge in [0, 0.05) is 48.2 Å². The highest BCUT2D eigenvalue weighted by molar-refractivity contribution is 5.96. The van der Waals surface area contributed by atoms with Gasteiger partial charge in [0.15, 0.2) is 0 Å². The summed E-state index contributed by atoms with van der Waals surface area (Å²) in [6, 6.07) is 4.71. The van der Waals surface area contributed by atoms with E-state index in [1.54, 1.807) is 12.3 Å². The second kappa shape index (κ2) is 7.57. The minimum Gasteiger partial charge on any atom is -0.481 e. The van der Waals surface area contributed by atoms with Crippen LogP contribution in [-0.2, 0) is 9.59 Å². The molecule has 1 heterocycles. The Morgan fingerprint density at radius 1 is 1.30 bits per heavy atom. The summed E-state index contributed by atoms with van der Waals surface area (Å²) in [6.45, 7) is 2.47. The maximum Gasteiger partial charge on any atom is 0.335 e. The molecule has 3 aliphatic rings. The van der Waals surface area contributed by atoms with Crippen LogP contribution in [0.15, 0.2) is 46.7 Å². The third-order valence-corrected chi connectivity index (χ3v) is 4.83. The second-order valence-electron chi connectivity index (χ2n) is 6.50. The number of carbonyl (C=O) groups excluding carboxylic acids is 1. The number of aliphatic carboxylic acids is 1. The van der Waals surface area contributed by atoms with Crippen molar-refractivity contribution in [2.45, 2.75) is 26.2 Å². The maximum absolute atomic E-state index is 11.0. The number of carbonyl (C=O) groups is 3. The van der Waals surface area contributed by atoms with Gasteiger partial charge in [0.2, 0.25) is 0 Å². The standard InChI is InChI=1S/C14H14N2O4.C6H6O/c1-2-16-11(6-13(17)18)8-15-7-10-5-9(14(19)20)3-4-12(10)16;7-6-3-4-1-2-5(4)6/h3-5,7-8H,2,6H2,1H3,(H,17,18)(H,19,20);1,5H,2-3H2. The molecule has 0 spiro atoms. The lowest BCUT2D eigenvalue weighted by atomic mass is 9.68. The fourth-order valence-corrected chi connectivity index (χ4v) is 3.26. The van der Waals surface area contributed by atoms with E-state index >= 15 is 0 Å². The Morgan fingerprint density at radius 2 is 2.07 bits per heavy atom. The van der Waals surface area contributed by atoms with Crippen LogP contribution in [0, 0.1) is 5.92 Å². The molecule has 0 radical (unpaired) electrons. The molecule has 0 bridgehead atoms. The summed E-state index contributed by atoms with van der Waals surface area (Å²) in [5.74, 6) is -1.08. The Labute approximate surface area is 156 Å². The molecular weight excluding hydrogens is 348 g/mol. The number of hydrogen-bond donors (Lipinski definition) is 2. The number of allylic oxidation sites excluding steroid dienone is 2. The highest BCUT2D eigenvalue weighted by Crippen LogP contribution is 2.40. The number of Topliss-reactive ketones (excluding diaryl/α,β-unsaturated/α-hetero) is 1. The lowest BCUT2D eigenvalue weighted by Crippen LogP contribution is -2.34. The van der Waals surface area contributed by atoms with Crippen LogP contribution in [0.25, 0.3) is 0 Å². The molecule has 0 saturated heterocycles. The molecule has 1 aromatic carbocycles. The van der Waals surface area contributed by atoms with E-state index < -0.39 is 11.9 Å². The van der Waals surface area contributed by atoms with Crippen molar-refractivity contribution in [3.8, 4) is 0 Å². The topological polar surface area (TPSA) is 107 Å². The van der Waals surface area contributed by atoms with Crippen molar-refractivity contribution in [1.82, 2.24) is 0 Å². The van der Waals surface area contributed by atoms with Crippen LogP contribution in [0.5, 0.6) is 0 Å². The van der Waals surface area contributed by atoms with Crippen LogP contribution in [0.2, 0.25) is 0 Å². The quantitative estimate of drug-likeness (QED) is 0.792.